The Balaban J connectivity index is 0.000000469. The average Bonchev–Trinajstić information content (AvgIpc) is 3.07. The predicted octanol–water partition coefficient (Wildman–Crippen LogP) is 2.66. The maximum atomic E-state index is 10.1. The molecule has 8 heteroatoms. The summed E-state index contributed by atoms with van der Waals surface area (Å²) >= 11 is 0. The highest BCUT2D eigenvalue weighted by atomic mass is 16.5. The number of methoxy groups -OCH3 is 1. The van der Waals surface area contributed by atoms with Crippen LogP contribution in [-0.2, 0) is 11.8 Å². The fourth-order valence-corrected chi connectivity index (χ4v) is 3.05. The van der Waals surface area contributed by atoms with Crippen LogP contribution in [-0.4, -0.2) is 34.7 Å². The van der Waals surface area contributed by atoms with Crippen LogP contribution in [0.2, 0.25) is 0 Å². The minimum Gasteiger partial charge on any atom is -0.508 e. The Labute approximate surface area is 177 Å². The summed E-state index contributed by atoms with van der Waals surface area (Å²) in [5, 5.41) is 24.4. The number of phenolic OH excluding ortho intramolecular Hbond substituents is 2. The van der Waals surface area contributed by atoms with E-state index in [1.165, 1.54) is 13.2 Å². The van der Waals surface area contributed by atoms with Crippen molar-refractivity contribution in [2.24, 2.45) is 24.2 Å². The summed E-state index contributed by atoms with van der Waals surface area (Å²) in [6.07, 6.45) is 1.14. The molecule has 0 aliphatic heterocycles. The first-order valence-corrected chi connectivity index (χ1v) is 9.79. The molecule has 0 amide bonds. The number of anilines is 1. The Hall–Kier alpha value is -2.78. The maximum absolute atomic E-state index is 10.1. The molecule has 2 atom stereocenters. The number of nitrogens with two attached hydrogens (primary N) is 3. The number of fused-ring (bicyclic) bond motifs is 1. The van der Waals surface area contributed by atoms with Gasteiger partial charge in [0.25, 0.3) is 0 Å². The molecule has 0 saturated carbocycles. The SMILES string of the molecule is CC(C)c1cc(C(N)Nc2ccc3c(ccn3C)c2)c(O)cc1O.COC(N)CN. The van der Waals surface area contributed by atoms with E-state index in [9.17, 15) is 10.2 Å². The van der Waals surface area contributed by atoms with Crippen LogP contribution < -0.4 is 22.5 Å². The van der Waals surface area contributed by atoms with Gasteiger partial charge in [-0.15, -0.1) is 0 Å². The minimum atomic E-state index is -0.579. The number of hydrogen-bond acceptors (Lipinski definition) is 7. The van der Waals surface area contributed by atoms with E-state index in [0.29, 0.717) is 12.1 Å². The summed E-state index contributed by atoms with van der Waals surface area (Å²) in [5.41, 5.74) is 19.7. The zero-order valence-corrected chi connectivity index (χ0v) is 18.0. The Morgan fingerprint density at radius 3 is 2.27 bits per heavy atom. The highest BCUT2D eigenvalue weighted by molar-refractivity contribution is 5.83. The highest BCUT2D eigenvalue weighted by Crippen LogP contribution is 2.35. The van der Waals surface area contributed by atoms with Crippen molar-refractivity contribution in [3.05, 3.63) is 53.7 Å². The molecule has 1 aromatic heterocycles. The topological polar surface area (TPSA) is 145 Å². The highest BCUT2D eigenvalue weighted by Gasteiger charge is 2.16. The van der Waals surface area contributed by atoms with Gasteiger partial charge in [0.2, 0.25) is 0 Å². The predicted molar refractivity (Wildman–Crippen MR) is 121 cm³/mol. The second kappa shape index (κ2) is 10.3. The van der Waals surface area contributed by atoms with Crippen molar-refractivity contribution >= 4 is 16.6 Å². The molecule has 9 N–H and O–H groups in total. The van der Waals surface area contributed by atoms with E-state index in [0.717, 1.165) is 22.2 Å². The van der Waals surface area contributed by atoms with Gasteiger partial charge >= 0.3 is 0 Å². The Morgan fingerprint density at radius 2 is 1.70 bits per heavy atom. The van der Waals surface area contributed by atoms with Crippen molar-refractivity contribution in [3.8, 4) is 11.5 Å². The van der Waals surface area contributed by atoms with Gasteiger partial charge in [-0.2, -0.15) is 0 Å². The largest absolute Gasteiger partial charge is 0.508 e. The quantitative estimate of drug-likeness (QED) is 0.339. The van der Waals surface area contributed by atoms with Crippen LogP contribution >= 0.6 is 0 Å². The fourth-order valence-electron chi connectivity index (χ4n) is 3.05. The number of hydrogen-bond donors (Lipinski definition) is 6. The van der Waals surface area contributed by atoms with E-state index >= 15 is 0 Å². The van der Waals surface area contributed by atoms with Gasteiger partial charge in [-0.25, -0.2) is 0 Å². The summed E-state index contributed by atoms with van der Waals surface area (Å²) in [5.74, 6) is 0.207. The standard InChI is InChI=1S/C19H23N3O2.C3H10N2O/c1-11(2)14-9-15(18(24)10-17(14)23)19(20)21-13-4-5-16-12(8-13)6-7-22(16)3;1-6-3(5)2-4/h4-11,19,21,23-24H,20H2,1-3H3;3H,2,4-5H2,1H3. The molecule has 1 heterocycles. The Kier molecular flexibility index (Phi) is 8.08. The number of nitrogens with one attached hydrogen (secondary N) is 1. The molecule has 3 aromatic rings. The second-order valence-electron chi connectivity index (χ2n) is 7.46. The van der Waals surface area contributed by atoms with E-state index in [2.05, 4.69) is 14.6 Å². The number of aryl methyl sites for hydroxylation is 1. The third-order valence-corrected chi connectivity index (χ3v) is 4.88. The number of phenols is 2. The Bertz CT molecular complexity index is 967. The summed E-state index contributed by atoms with van der Waals surface area (Å²) in [6, 6.07) is 11.2. The molecule has 2 aromatic carbocycles. The molecule has 0 aliphatic rings. The second-order valence-corrected chi connectivity index (χ2v) is 7.46. The molecule has 3 rings (SSSR count). The third-order valence-electron chi connectivity index (χ3n) is 4.88. The zero-order chi connectivity index (χ0) is 22.4. The molecule has 30 heavy (non-hydrogen) atoms. The average molecular weight is 416 g/mol. The maximum Gasteiger partial charge on any atom is 0.125 e. The fraction of sp³-hybridized carbons (Fsp3) is 0.364. The third kappa shape index (κ3) is 5.64. The van der Waals surface area contributed by atoms with Crippen LogP contribution in [0.1, 0.15) is 37.1 Å². The molecular formula is C22H33N5O3. The van der Waals surface area contributed by atoms with Gasteiger partial charge in [0.1, 0.15) is 23.9 Å². The monoisotopic (exact) mass is 415 g/mol. The van der Waals surface area contributed by atoms with Gasteiger partial charge < -0.3 is 42.0 Å². The number of nitrogens with zero attached hydrogens (tertiary/aromatic N) is 1. The first-order chi connectivity index (χ1) is 14.2. The van der Waals surface area contributed by atoms with Crippen molar-refractivity contribution < 1.29 is 14.9 Å². The molecular weight excluding hydrogens is 382 g/mol. The van der Waals surface area contributed by atoms with E-state index in [1.54, 1.807) is 6.07 Å². The van der Waals surface area contributed by atoms with Gasteiger partial charge in [0.15, 0.2) is 0 Å². The molecule has 2 unspecified atom stereocenters. The first-order valence-electron chi connectivity index (χ1n) is 9.79. The van der Waals surface area contributed by atoms with E-state index in [-0.39, 0.29) is 23.6 Å². The lowest BCUT2D eigenvalue weighted by Gasteiger charge is -2.19. The molecule has 0 spiro atoms. The van der Waals surface area contributed by atoms with Crippen molar-refractivity contribution in [1.82, 2.24) is 4.57 Å². The van der Waals surface area contributed by atoms with E-state index in [4.69, 9.17) is 17.2 Å². The van der Waals surface area contributed by atoms with Gasteiger partial charge in [-0.05, 0) is 41.8 Å². The number of benzene rings is 2. The summed E-state index contributed by atoms with van der Waals surface area (Å²) < 4.78 is 6.61. The van der Waals surface area contributed by atoms with Crippen molar-refractivity contribution in [2.75, 3.05) is 19.0 Å². The van der Waals surface area contributed by atoms with Crippen LogP contribution in [0.25, 0.3) is 10.9 Å². The van der Waals surface area contributed by atoms with Crippen LogP contribution in [0.15, 0.2) is 42.6 Å². The summed E-state index contributed by atoms with van der Waals surface area (Å²) in [7, 11) is 3.53. The normalized spacial score (nSPS) is 13.1. The molecule has 164 valence electrons. The van der Waals surface area contributed by atoms with Crippen LogP contribution in [0, 0.1) is 0 Å². The number of aromatic nitrogens is 1. The lowest BCUT2D eigenvalue weighted by molar-refractivity contribution is 0.115. The van der Waals surface area contributed by atoms with E-state index < -0.39 is 6.17 Å². The zero-order valence-electron chi connectivity index (χ0n) is 18.0. The van der Waals surface area contributed by atoms with Crippen molar-refractivity contribution in [2.45, 2.75) is 32.2 Å². The van der Waals surface area contributed by atoms with Crippen molar-refractivity contribution in [1.29, 1.82) is 0 Å². The molecule has 0 bridgehead atoms. The molecule has 0 aliphatic carbocycles. The molecule has 0 saturated heterocycles. The van der Waals surface area contributed by atoms with Gasteiger partial charge in [0.05, 0.1) is 0 Å². The number of rotatable bonds is 6. The molecule has 0 radical (unpaired) electrons. The van der Waals surface area contributed by atoms with Crippen LogP contribution in [0.4, 0.5) is 5.69 Å². The number of aromatic hydroxyl groups is 2. The van der Waals surface area contributed by atoms with Gasteiger partial charge in [0, 0.05) is 55.1 Å². The number of ether oxygens (including phenoxy) is 1. The van der Waals surface area contributed by atoms with Crippen LogP contribution in [0.5, 0.6) is 11.5 Å². The minimum absolute atomic E-state index is 0.0160. The lowest BCUT2D eigenvalue weighted by atomic mass is 9.98. The lowest BCUT2D eigenvalue weighted by Crippen LogP contribution is -2.30. The summed E-state index contributed by atoms with van der Waals surface area (Å²) in [6.45, 7) is 4.35. The van der Waals surface area contributed by atoms with Crippen molar-refractivity contribution in [3.63, 3.8) is 0 Å². The smallest absolute Gasteiger partial charge is 0.125 e. The first kappa shape index (κ1) is 23.5. The summed E-state index contributed by atoms with van der Waals surface area (Å²) in [4.78, 5) is 0. The van der Waals surface area contributed by atoms with Crippen LogP contribution in [0.3, 0.4) is 0 Å². The Morgan fingerprint density at radius 1 is 1.03 bits per heavy atom. The molecule has 8 nitrogen and oxygen atoms in total. The van der Waals surface area contributed by atoms with Gasteiger partial charge in [-0.3, -0.25) is 0 Å². The molecule has 0 fully saturated rings. The van der Waals surface area contributed by atoms with Gasteiger partial charge in [-0.1, -0.05) is 13.8 Å². The van der Waals surface area contributed by atoms with E-state index in [1.807, 2.05) is 51.4 Å².